The van der Waals surface area contributed by atoms with Crippen LogP contribution in [0.4, 0.5) is 0 Å². The first-order valence-electron chi connectivity index (χ1n) is 9.17. The number of benzene rings is 1. The van der Waals surface area contributed by atoms with E-state index in [1.54, 1.807) is 18.4 Å². The highest BCUT2D eigenvalue weighted by Crippen LogP contribution is 2.33. The number of furan rings is 1. The molecule has 1 amide bonds. The van der Waals surface area contributed by atoms with Crippen molar-refractivity contribution < 1.29 is 13.7 Å². The molecule has 1 N–H and O–H groups in total. The van der Waals surface area contributed by atoms with Crippen molar-refractivity contribution >= 4 is 5.91 Å². The minimum Gasteiger partial charge on any atom is -0.467 e. The van der Waals surface area contributed by atoms with Crippen LogP contribution < -0.4 is 5.32 Å². The molecule has 1 aliphatic carbocycles. The summed E-state index contributed by atoms with van der Waals surface area (Å²) in [6.45, 7) is 0.324. The van der Waals surface area contributed by atoms with Crippen LogP contribution in [0.5, 0.6) is 0 Å². The molecule has 1 fully saturated rings. The molecule has 0 unspecified atom stereocenters. The standard InChI is InChI=1S/C21H22N2O3/c24-21(22-14-18-7-4-12-25-18)19-13-20(26-23-19)17-10-8-16(9-11-17)15-5-2-1-3-6-15/h4,7-13,15H,1-3,5-6,14H2,(H,22,24). The maximum Gasteiger partial charge on any atom is 0.273 e. The normalized spacial score (nSPS) is 15.1. The smallest absolute Gasteiger partial charge is 0.273 e. The molecule has 1 aromatic carbocycles. The molecule has 1 aliphatic rings. The SMILES string of the molecule is O=C(NCc1ccco1)c1cc(-c2ccc(C3CCCCC3)cc2)on1. The molecule has 5 heteroatoms. The maximum absolute atomic E-state index is 12.2. The van der Waals surface area contributed by atoms with Gasteiger partial charge in [0.05, 0.1) is 12.8 Å². The second-order valence-corrected chi connectivity index (χ2v) is 6.80. The van der Waals surface area contributed by atoms with Gasteiger partial charge in [-0.1, -0.05) is 48.7 Å². The third kappa shape index (κ3) is 3.72. The van der Waals surface area contributed by atoms with Crippen molar-refractivity contribution in [1.29, 1.82) is 0 Å². The van der Waals surface area contributed by atoms with E-state index >= 15 is 0 Å². The number of carbonyl (C=O) groups excluding carboxylic acids is 1. The molecule has 0 bridgehead atoms. The Balaban J connectivity index is 1.41. The van der Waals surface area contributed by atoms with Gasteiger partial charge in [-0.3, -0.25) is 4.79 Å². The van der Waals surface area contributed by atoms with Crippen LogP contribution in [0.25, 0.3) is 11.3 Å². The minimum absolute atomic E-state index is 0.267. The van der Waals surface area contributed by atoms with Crippen LogP contribution in [-0.4, -0.2) is 11.1 Å². The summed E-state index contributed by atoms with van der Waals surface area (Å²) in [7, 11) is 0. The highest BCUT2D eigenvalue weighted by molar-refractivity contribution is 5.93. The zero-order valence-corrected chi connectivity index (χ0v) is 14.6. The summed E-state index contributed by atoms with van der Waals surface area (Å²) in [5, 5.41) is 6.65. The summed E-state index contributed by atoms with van der Waals surface area (Å²) in [5.41, 5.74) is 2.59. The lowest BCUT2D eigenvalue weighted by molar-refractivity contribution is 0.0939. The molecule has 1 saturated carbocycles. The van der Waals surface area contributed by atoms with E-state index in [-0.39, 0.29) is 11.6 Å². The number of nitrogens with one attached hydrogen (secondary N) is 1. The Bertz CT molecular complexity index is 844. The molecule has 0 atom stereocenters. The third-order valence-electron chi connectivity index (χ3n) is 5.02. The number of hydrogen-bond donors (Lipinski definition) is 1. The average Bonchev–Trinajstić information content (AvgIpc) is 3.39. The van der Waals surface area contributed by atoms with E-state index in [4.69, 9.17) is 8.94 Å². The predicted molar refractivity (Wildman–Crippen MR) is 97.6 cm³/mol. The largest absolute Gasteiger partial charge is 0.467 e. The van der Waals surface area contributed by atoms with Crippen LogP contribution >= 0.6 is 0 Å². The van der Waals surface area contributed by atoms with Gasteiger partial charge in [-0.2, -0.15) is 0 Å². The van der Waals surface area contributed by atoms with Crippen molar-refractivity contribution in [1.82, 2.24) is 10.5 Å². The summed E-state index contributed by atoms with van der Waals surface area (Å²) in [6.07, 6.45) is 8.14. The van der Waals surface area contributed by atoms with Crippen molar-refractivity contribution in [3.8, 4) is 11.3 Å². The summed E-state index contributed by atoms with van der Waals surface area (Å²) < 4.78 is 10.6. The quantitative estimate of drug-likeness (QED) is 0.710. The lowest BCUT2D eigenvalue weighted by Crippen LogP contribution is -2.22. The molecule has 26 heavy (non-hydrogen) atoms. The van der Waals surface area contributed by atoms with Crippen molar-refractivity contribution in [3.63, 3.8) is 0 Å². The lowest BCUT2D eigenvalue weighted by atomic mass is 9.84. The maximum atomic E-state index is 12.2. The Kier molecular flexibility index (Phi) is 4.86. The van der Waals surface area contributed by atoms with Gasteiger partial charge in [0.25, 0.3) is 5.91 Å². The second-order valence-electron chi connectivity index (χ2n) is 6.80. The van der Waals surface area contributed by atoms with Crippen molar-refractivity contribution in [2.75, 3.05) is 0 Å². The van der Waals surface area contributed by atoms with Crippen LogP contribution in [-0.2, 0) is 6.54 Å². The fourth-order valence-electron chi connectivity index (χ4n) is 3.54. The predicted octanol–water partition coefficient (Wildman–Crippen LogP) is 4.91. The zero-order chi connectivity index (χ0) is 17.8. The van der Waals surface area contributed by atoms with Gasteiger partial charge in [-0.05, 0) is 36.5 Å². The highest BCUT2D eigenvalue weighted by Gasteiger charge is 2.17. The van der Waals surface area contributed by atoms with Crippen LogP contribution in [0.3, 0.4) is 0 Å². The first-order valence-corrected chi connectivity index (χ1v) is 9.17. The molecule has 134 valence electrons. The first-order chi connectivity index (χ1) is 12.8. The Morgan fingerprint density at radius 1 is 1.12 bits per heavy atom. The molecule has 2 aromatic heterocycles. The highest BCUT2D eigenvalue weighted by atomic mass is 16.5. The minimum atomic E-state index is -0.282. The average molecular weight is 350 g/mol. The Morgan fingerprint density at radius 3 is 2.65 bits per heavy atom. The molecular formula is C21H22N2O3. The van der Waals surface area contributed by atoms with Crippen LogP contribution in [0.2, 0.25) is 0 Å². The number of nitrogens with zero attached hydrogens (tertiary/aromatic N) is 1. The van der Waals surface area contributed by atoms with Gasteiger partial charge in [0.2, 0.25) is 0 Å². The molecule has 2 heterocycles. The number of hydrogen-bond acceptors (Lipinski definition) is 4. The topological polar surface area (TPSA) is 68.3 Å². The monoisotopic (exact) mass is 350 g/mol. The van der Waals surface area contributed by atoms with Crippen molar-refractivity contribution in [2.24, 2.45) is 0 Å². The second kappa shape index (κ2) is 7.60. The molecule has 0 aliphatic heterocycles. The summed E-state index contributed by atoms with van der Waals surface area (Å²) in [6, 6.07) is 13.7. The third-order valence-corrected chi connectivity index (χ3v) is 5.02. The summed E-state index contributed by atoms with van der Waals surface area (Å²) >= 11 is 0. The molecule has 0 spiro atoms. The number of carbonyl (C=O) groups is 1. The zero-order valence-electron chi connectivity index (χ0n) is 14.6. The van der Waals surface area contributed by atoms with Crippen molar-refractivity contribution in [2.45, 2.75) is 44.6 Å². The Labute approximate surface area is 152 Å². The van der Waals surface area contributed by atoms with Gasteiger partial charge in [0, 0.05) is 11.6 Å². The molecule has 5 nitrogen and oxygen atoms in total. The van der Waals surface area contributed by atoms with Gasteiger partial charge in [-0.15, -0.1) is 0 Å². The van der Waals surface area contributed by atoms with Gasteiger partial charge >= 0.3 is 0 Å². The van der Waals surface area contributed by atoms with Gasteiger partial charge in [0.1, 0.15) is 5.76 Å². The van der Waals surface area contributed by atoms with E-state index in [1.807, 2.05) is 6.07 Å². The molecule has 3 aromatic rings. The van der Waals surface area contributed by atoms with Gasteiger partial charge < -0.3 is 14.3 Å². The summed E-state index contributed by atoms with van der Waals surface area (Å²) in [4.78, 5) is 12.2. The Morgan fingerprint density at radius 2 is 1.92 bits per heavy atom. The lowest BCUT2D eigenvalue weighted by Gasteiger charge is -2.21. The van der Waals surface area contributed by atoms with Gasteiger partial charge in [0.15, 0.2) is 11.5 Å². The van der Waals surface area contributed by atoms with E-state index in [0.29, 0.717) is 24.0 Å². The van der Waals surface area contributed by atoms with E-state index in [2.05, 4.69) is 34.7 Å². The number of amides is 1. The van der Waals surface area contributed by atoms with Crippen LogP contribution in [0.15, 0.2) is 57.7 Å². The molecule has 4 rings (SSSR count). The molecule has 0 radical (unpaired) electrons. The Hall–Kier alpha value is -2.82. The van der Waals surface area contributed by atoms with E-state index in [0.717, 1.165) is 5.56 Å². The van der Waals surface area contributed by atoms with Crippen molar-refractivity contribution in [3.05, 3.63) is 65.7 Å². The molecule has 0 saturated heterocycles. The number of aromatic nitrogens is 1. The molecular weight excluding hydrogens is 328 g/mol. The van der Waals surface area contributed by atoms with Crippen LogP contribution in [0.1, 0.15) is 59.8 Å². The van der Waals surface area contributed by atoms with E-state index in [9.17, 15) is 4.79 Å². The fourth-order valence-corrected chi connectivity index (χ4v) is 3.54. The fraction of sp³-hybridized carbons (Fsp3) is 0.333. The first kappa shape index (κ1) is 16.6. The van der Waals surface area contributed by atoms with E-state index in [1.165, 1.54) is 37.7 Å². The van der Waals surface area contributed by atoms with Gasteiger partial charge in [-0.25, -0.2) is 0 Å². The number of rotatable bonds is 5. The summed E-state index contributed by atoms with van der Waals surface area (Å²) in [5.74, 6) is 1.69. The van der Waals surface area contributed by atoms with Crippen LogP contribution in [0, 0.1) is 0 Å². The van der Waals surface area contributed by atoms with E-state index < -0.39 is 0 Å².